The molecule has 1 aromatic rings. The van der Waals surface area contributed by atoms with Gasteiger partial charge in [0, 0.05) is 11.6 Å². The second-order valence-corrected chi connectivity index (χ2v) is 10.1. The van der Waals surface area contributed by atoms with E-state index in [2.05, 4.69) is 30.7 Å². The maximum atomic E-state index is 12.5. The lowest BCUT2D eigenvalue weighted by Crippen LogP contribution is -2.25. The van der Waals surface area contributed by atoms with Gasteiger partial charge in [0.1, 0.15) is 0 Å². The molecular weight excluding hydrogens is 320 g/mol. The monoisotopic (exact) mass is 348 g/mol. The summed E-state index contributed by atoms with van der Waals surface area (Å²) >= 11 is 0. The molecule has 2 bridgehead atoms. The molecule has 0 radical (unpaired) electrons. The molecule has 0 unspecified atom stereocenters. The van der Waals surface area contributed by atoms with Gasteiger partial charge in [-0.2, -0.15) is 13.5 Å². The second kappa shape index (κ2) is 6.17. The summed E-state index contributed by atoms with van der Waals surface area (Å²) in [5, 5.41) is 4.22. The van der Waals surface area contributed by atoms with Crippen molar-refractivity contribution < 1.29 is 8.42 Å². The first-order valence-corrected chi connectivity index (χ1v) is 10.3. The molecule has 2 aliphatic rings. The SMILES string of the molecule is C/C(=N/NS(=O)(=O)c1ccc(C(C)(C)C)cc1)[C@@H]1C[C@@H]2CC[C@@H]1C2. The molecule has 24 heavy (non-hydrogen) atoms. The van der Waals surface area contributed by atoms with E-state index in [1.54, 1.807) is 12.1 Å². The average Bonchev–Trinajstić information content (AvgIpc) is 3.15. The Hall–Kier alpha value is -1.36. The third-order valence-electron chi connectivity index (χ3n) is 5.65. The Morgan fingerprint density at radius 1 is 1.12 bits per heavy atom. The van der Waals surface area contributed by atoms with Gasteiger partial charge in [0.2, 0.25) is 0 Å². The highest BCUT2D eigenvalue weighted by Crippen LogP contribution is 2.48. The van der Waals surface area contributed by atoms with E-state index >= 15 is 0 Å². The lowest BCUT2D eigenvalue weighted by molar-refractivity contribution is 0.413. The van der Waals surface area contributed by atoms with Crippen molar-refractivity contribution in [3.8, 4) is 0 Å². The summed E-state index contributed by atoms with van der Waals surface area (Å²) in [6.07, 6.45) is 5.06. The van der Waals surface area contributed by atoms with Crippen LogP contribution in [0.3, 0.4) is 0 Å². The number of benzene rings is 1. The van der Waals surface area contributed by atoms with Crippen molar-refractivity contribution in [3.05, 3.63) is 29.8 Å². The van der Waals surface area contributed by atoms with Gasteiger partial charge in [0.15, 0.2) is 0 Å². The molecule has 1 aromatic carbocycles. The normalized spacial score (nSPS) is 27.5. The lowest BCUT2D eigenvalue weighted by atomic mass is 9.86. The van der Waals surface area contributed by atoms with Crippen LogP contribution in [-0.2, 0) is 15.4 Å². The molecule has 3 rings (SSSR count). The first-order valence-electron chi connectivity index (χ1n) is 8.83. The van der Waals surface area contributed by atoms with Crippen molar-refractivity contribution in [2.75, 3.05) is 0 Å². The van der Waals surface area contributed by atoms with Crippen LogP contribution < -0.4 is 4.83 Å². The molecule has 4 nitrogen and oxygen atoms in total. The number of sulfonamides is 1. The van der Waals surface area contributed by atoms with Crippen LogP contribution in [0.25, 0.3) is 0 Å². The van der Waals surface area contributed by atoms with Gasteiger partial charge in [-0.05, 0) is 61.1 Å². The van der Waals surface area contributed by atoms with E-state index in [4.69, 9.17) is 0 Å². The Bertz CT molecular complexity index is 730. The second-order valence-electron chi connectivity index (χ2n) is 8.40. The van der Waals surface area contributed by atoms with Crippen molar-refractivity contribution in [2.45, 2.75) is 63.7 Å². The smallest absolute Gasteiger partial charge is 0.200 e. The van der Waals surface area contributed by atoms with E-state index in [-0.39, 0.29) is 10.3 Å². The Morgan fingerprint density at radius 2 is 1.79 bits per heavy atom. The van der Waals surface area contributed by atoms with E-state index in [1.165, 1.54) is 25.7 Å². The Balaban J connectivity index is 1.70. The van der Waals surface area contributed by atoms with Crippen LogP contribution in [0.2, 0.25) is 0 Å². The zero-order chi connectivity index (χ0) is 17.5. The minimum Gasteiger partial charge on any atom is -0.200 e. The van der Waals surface area contributed by atoms with Crippen LogP contribution in [0.5, 0.6) is 0 Å². The van der Waals surface area contributed by atoms with E-state index in [9.17, 15) is 8.42 Å². The largest absolute Gasteiger partial charge is 0.276 e. The maximum absolute atomic E-state index is 12.5. The van der Waals surface area contributed by atoms with Crippen molar-refractivity contribution >= 4 is 15.7 Å². The number of rotatable bonds is 4. The maximum Gasteiger partial charge on any atom is 0.276 e. The van der Waals surface area contributed by atoms with E-state index in [0.717, 1.165) is 17.2 Å². The minimum absolute atomic E-state index is 0.00620. The summed E-state index contributed by atoms with van der Waals surface area (Å²) in [7, 11) is -3.60. The fourth-order valence-electron chi connectivity index (χ4n) is 4.16. The average molecular weight is 349 g/mol. The van der Waals surface area contributed by atoms with Crippen molar-refractivity contribution in [2.24, 2.45) is 22.9 Å². The summed E-state index contributed by atoms with van der Waals surface area (Å²) in [5.74, 6) is 1.98. The van der Waals surface area contributed by atoms with Gasteiger partial charge in [-0.25, -0.2) is 4.83 Å². The highest BCUT2D eigenvalue weighted by molar-refractivity contribution is 7.89. The Kier molecular flexibility index (Phi) is 4.49. The predicted octanol–water partition coefficient (Wildman–Crippen LogP) is 4.07. The molecule has 2 aliphatic carbocycles. The molecule has 0 aliphatic heterocycles. The zero-order valence-electron chi connectivity index (χ0n) is 15.0. The predicted molar refractivity (Wildman–Crippen MR) is 97.5 cm³/mol. The highest BCUT2D eigenvalue weighted by Gasteiger charge is 2.40. The van der Waals surface area contributed by atoms with Crippen molar-refractivity contribution in [1.82, 2.24) is 4.83 Å². The standard InChI is InChI=1S/C19H28N2O2S/c1-13(18-12-14-5-6-15(18)11-14)20-21-24(22,23)17-9-7-16(8-10-17)19(2,3)4/h7-10,14-15,18,21H,5-6,11-12H2,1-4H3/b20-13-/t14-,15-,18+/m1/s1. The summed E-state index contributed by atoms with van der Waals surface area (Å²) in [6.45, 7) is 8.28. The van der Waals surface area contributed by atoms with Crippen LogP contribution in [0.4, 0.5) is 0 Å². The molecule has 2 saturated carbocycles. The van der Waals surface area contributed by atoms with Gasteiger partial charge in [0.25, 0.3) is 10.0 Å². The Labute approximate surface area is 145 Å². The molecule has 2 fully saturated rings. The molecular formula is C19H28N2O2S. The summed E-state index contributed by atoms with van der Waals surface area (Å²) in [4.78, 5) is 2.69. The molecule has 132 valence electrons. The van der Waals surface area contributed by atoms with Crippen LogP contribution in [0.1, 0.15) is 58.9 Å². The van der Waals surface area contributed by atoms with Crippen LogP contribution >= 0.6 is 0 Å². The van der Waals surface area contributed by atoms with Gasteiger partial charge in [-0.1, -0.05) is 39.3 Å². The van der Waals surface area contributed by atoms with Gasteiger partial charge >= 0.3 is 0 Å². The number of nitrogens with one attached hydrogen (secondary N) is 1. The van der Waals surface area contributed by atoms with E-state index in [1.807, 2.05) is 19.1 Å². The topological polar surface area (TPSA) is 58.5 Å². The van der Waals surface area contributed by atoms with E-state index in [0.29, 0.717) is 11.8 Å². The third kappa shape index (κ3) is 3.51. The van der Waals surface area contributed by atoms with Crippen LogP contribution in [-0.4, -0.2) is 14.1 Å². The molecule has 0 aromatic heterocycles. The number of hydrogen-bond acceptors (Lipinski definition) is 3. The number of fused-ring (bicyclic) bond motifs is 2. The van der Waals surface area contributed by atoms with Gasteiger partial charge < -0.3 is 0 Å². The van der Waals surface area contributed by atoms with E-state index < -0.39 is 10.0 Å². The van der Waals surface area contributed by atoms with Gasteiger partial charge in [0.05, 0.1) is 4.90 Å². The molecule has 0 saturated heterocycles. The molecule has 3 atom stereocenters. The van der Waals surface area contributed by atoms with Gasteiger partial charge in [-0.15, -0.1) is 0 Å². The molecule has 0 heterocycles. The lowest BCUT2D eigenvalue weighted by Gasteiger charge is -2.21. The van der Waals surface area contributed by atoms with Crippen LogP contribution in [0.15, 0.2) is 34.3 Å². The first-order chi connectivity index (χ1) is 11.2. The quantitative estimate of drug-likeness (QED) is 0.658. The number of hydrogen-bond donors (Lipinski definition) is 1. The molecule has 1 N–H and O–H groups in total. The fourth-order valence-corrected chi connectivity index (χ4v) is 5.02. The van der Waals surface area contributed by atoms with Crippen molar-refractivity contribution in [1.29, 1.82) is 0 Å². The number of nitrogens with zero attached hydrogens (tertiary/aromatic N) is 1. The van der Waals surface area contributed by atoms with Crippen molar-refractivity contribution in [3.63, 3.8) is 0 Å². The molecule has 5 heteroatoms. The minimum atomic E-state index is -3.60. The summed E-state index contributed by atoms with van der Waals surface area (Å²) in [5.41, 5.74) is 2.05. The highest BCUT2D eigenvalue weighted by atomic mass is 32.2. The number of hydrazone groups is 1. The zero-order valence-corrected chi connectivity index (χ0v) is 15.9. The summed E-state index contributed by atoms with van der Waals surface area (Å²) < 4.78 is 24.9. The molecule has 0 amide bonds. The first kappa shape index (κ1) is 17.5. The Morgan fingerprint density at radius 3 is 2.29 bits per heavy atom. The van der Waals surface area contributed by atoms with Crippen LogP contribution in [0, 0.1) is 17.8 Å². The van der Waals surface area contributed by atoms with Gasteiger partial charge in [-0.3, -0.25) is 0 Å². The summed E-state index contributed by atoms with van der Waals surface area (Å²) in [6, 6.07) is 7.07. The third-order valence-corrected chi connectivity index (χ3v) is 6.87. The fraction of sp³-hybridized carbons (Fsp3) is 0.632. The molecule has 0 spiro atoms.